The lowest BCUT2D eigenvalue weighted by atomic mass is 9.74. The molecule has 0 aliphatic heterocycles. The first-order chi connectivity index (χ1) is 6.93. The van der Waals surface area contributed by atoms with Crippen LogP contribution in [0, 0.1) is 5.41 Å². The lowest BCUT2D eigenvalue weighted by Crippen LogP contribution is -2.30. The molecular weight excluding hydrogens is 192 g/mol. The summed E-state index contributed by atoms with van der Waals surface area (Å²) in [5, 5.41) is 0. The van der Waals surface area contributed by atoms with Crippen molar-refractivity contribution in [3.05, 3.63) is 23.2 Å². The molecule has 0 atom stereocenters. The summed E-state index contributed by atoms with van der Waals surface area (Å²) in [6.45, 7) is 5.28. The molecule has 0 aromatic carbocycles. The molecule has 80 valence electrons. The normalized spacial score (nSPS) is 18.7. The Labute approximate surface area is 88.5 Å². The average molecular weight is 206 g/mol. The van der Waals surface area contributed by atoms with E-state index in [2.05, 4.69) is 0 Å². The smallest absolute Gasteiger partial charge is 0.172 e. The average Bonchev–Trinajstić information content (AvgIpc) is 2.55. The zero-order valence-electron chi connectivity index (χ0n) is 9.22. The lowest BCUT2D eigenvalue weighted by molar-refractivity contribution is 0.0800. The fourth-order valence-corrected chi connectivity index (χ4v) is 1.97. The summed E-state index contributed by atoms with van der Waals surface area (Å²) in [5.74, 6) is 0.596. The molecule has 0 spiro atoms. The highest BCUT2D eigenvalue weighted by atomic mass is 16.3. The predicted molar refractivity (Wildman–Crippen MR) is 55.1 cm³/mol. The van der Waals surface area contributed by atoms with Gasteiger partial charge < -0.3 is 4.42 Å². The van der Waals surface area contributed by atoms with Crippen LogP contribution in [0.25, 0.3) is 0 Å². The largest absolute Gasteiger partial charge is 0.468 e. The van der Waals surface area contributed by atoms with Crippen LogP contribution in [-0.2, 0) is 6.42 Å². The maximum Gasteiger partial charge on any atom is 0.172 e. The van der Waals surface area contributed by atoms with Crippen molar-refractivity contribution >= 4 is 11.6 Å². The zero-order chi connectivity index (χ0) is 11.2. The lowest BCUT2D eigenvalue weighted by Gasteiger charge is -2.27. The number of Topliss-reactive ketones (excluding diaryl/α,β-unsaturated/α-hetero) is 2. The number of carbonyl (C=O) groups excluding carboxylic acids is 2. The third-order valence-electron chi connectivity index (χ3n) is 3.07. The van der Waals surface area contributed by atoms with Crippen molar-refractivity contribution in [1.29, 1.82) is 0 Å². The highest BCUT2D eigenvalue weighted by Gasteiger charge is 2.38. The van der Waals surface area contributed by atoms with Gasteiger partial charge in [0.05, 0.1) is 11.1 Å². The van der Waals surface area contributed by atoms with Crippen molar-refractivity contribution in [2.75, 3.05) is 0 Å². The van der Waals surface area contributed by atoms with Crippen LogP contribution < -0.4 is 0 Å². The number of carbonyl (C=O) groups is 2. The number of aryl methyl sites for hydroxylation is 1. The van der Waals surface area contributed by atoms with E-state index in [4.69, 9.17) is 4.42 Å². The standard InChI is InChI=1S/C12H14O3/c1-7(13)8-6-15-9-4-5-12(2,3)11(14)10(8)9/h6H,4-5H2,1-3H3. The van der Waals surface area contributed by atoms with Gasteiger partial charge in [-0.2, -0.15) is 0 Å². The third kappa shape index (κ3) is 1.42. The van der Waals surface area contributed by atoms with Crippen LogP contribution >= 0.6 is 0 Å². The van der Waals surface area contributed by atoms with Crippen LogP contribution in [0.1, 0.15) is 53.7 Å². The second-order valence-electron chi connectivity index (χ2n) is 4.72. The van der Waals surface area contributed by atoms with Gasteiger partial charge in [0.15, 0.2) is 11.6 Å². The van der Waals surface area contributed by atoms with E-state index in [1.807, 2.05) is 13.8 Å². The minimum atomic E-state index is -0.374. The van der Waals surface area contributed by atoms with E-state index in [-0.39, 0.29) is 17.0 Å². The van der Waals surface area contributed by atoms with Crippen molar-refractivity contribution in [2.45, 2.75) is 33.6 Å². The van der Waals surface area contributed by atoms with Crippen molar-refractivity contribution in [3.8, 4) is 0 Å². The van der Waals surface area contributed by atoms with Crippen LogP contribution in [-0.4, -0.2) is 11.6 Å². The highest BCUT2D eigenvalue weighted by Crippen LogP contribution is 2.37. The highest BCUT2D eigenvalue weighted by molar-refractivity contribution is 6.11. The molecule has 2 rings (SSSR count). The SMILES string of the molecule is CC(=O)c1coc2c1C(=O)C(C)(C)CC2. The maximum atomic E-state index is 12.1. The summed E-state index contributed by atoms with van der Waals surface area (Å²) >= 11 is 0. The third-order valence-corrected chi connectivity index (χ3v) is 3.07. The summed E-state index contributed by atoms with van der Waals surface area (Å²) in [7, 11) is 0. The first-order valence-electron chi connectivity index (χ1n) is 5.09. The monoisotopic (exact) mass is 206 g/mol. The van der Waals surface area contributed by atoms with Gasteiger partial charge in [-0.3, -0.25) is 9.59 Å². The van der Waals surface area contributed by atoms with Crippen molar-refractivity contribution < 1.29 is 14.0 Å². The molecule has 3 heteroatoms. The Morgan fingerprint density at radius 2 is 2.13 bits per heavy atom. The maximum absolute atomic E-state index is 12.1. The Balaban J connectivity index is 2.58. The van der Waals surface area contributed by atoms with Gasteiger partial charge in [0.2, 0.25) is 0 Å². The number of hydrogen-bond acceptors (Lipinski definition) is 3. The van der Waals surface area contributed by atoms with Crippen LogP contribution in [0.4, 0.5) is 0 Å². The zero-order valence-corrected chi connectivity index (χ0v) is 9.22. The molecule has 0 bridgehead atoms. The van der Waals surface area contributed by atoms with E-state index in [0.717, 1.165) is 12.8 Å². The summed E-state index contributed by atoms with van der Waals surface area (Å²) in [4.78, 5) is 23.4. The molecule has 1 aromatic heterocycles. The summed E-state index contributed by atoms with van der Waals surface area (Å²) < 4.78 is 5.27. The summed E-state index contributed by atoms with van der Waals surface area (Å²) in [5.41, 5.74) is 0.572. The molecule has 0 fully saturated rings. The number of fused-ring (bicyclic) bond motifs is 1. The second-order valence-corrected chi connectivity index (χ2v) is 4.72. The van der Waals surface area contributed by atoms with Crippen molar-refractivity contribution in [2.24, 2.45) is 5.41 Å². The summed E-state index contributed by atoms with van der Waals surface area (Å²) in [6.07, 6.45) is 2.93. The van der Waals surface area contributed by atoms with E-state index < -0.39 is 0 Å². The van der Waals surface area contributed by atoms with Crippen molar-refractivity contribution in [1.82, 2.24) is 0 Å². The molecule has 15 heavy (non-hydrogen) atoms. The van der Waals surface area contributed by atoms with Gasteiger partial charge in [0.1, 0.15) is 12.0 Å². The van der Waals surface area contributed by atoms with Gasteiger partial charge in [0, 0.05) is 11.8 Å². The number of rotatable bonds is 1. The van der Waals surface area contributed by atoms with Crippen LogP contribution in [0.2, 0.25) is 0 Å². The Morgan fingerprint density at radius 3 is 2.73 bits per heavy atom. The van der Waals surface area contributed by atoms with E-state index in [1.165, 1.54) is 13.2 Å². The molecule has 0 N–H and O–H groups in total. The molecular formula is C12H14O3. The van der Waals surface area contributed by atoms with Gasteiger partial charge in [-0.15, -0.1) is 0 Å². The molecule has 0 amide bonds. The van der Waals surface area contributed by atoms with Crippen LogP contribution in [0.3, 0.4) is 0 Å². The van der Waals surface area contributed by atoms with E-state index in [0.29, 0.717) is 16.9 Å². The molecule has 0 radical (unpaired) electrons. The van der Waals surface area contributed by atoms with E-state index in [9.17, 15) is 9.59 Å². The van der Waals surface area contributed by atoms with Crippen LogP contribution in [0.5, 0.6) is 0 Å². The number of ketones is 2. The van der Waals surface area contributed by atoms with E-state index in [1.54, 1.807) is 0 Å². The van der Waals surface area contributed by atoms with E-state index >= 15 is 0 Å². The number of furan rings is 1. The first-order valence-corrected chi connectivity index (χ1v) is 5.09. The minimum Gasteiger partial charge on any atom is -0.468 e. The molecule has 0 saturated carbocycles. The molecule has 1 heterocycles. The predicted octanol–water partition coefficient (Wildman–Crippen LogP) is 2.64. The Bertz CT molecular complexity index is 438. The fraction of sp³-hybridized carbons (Fsp3) is 0.500. The minimum absolute atomic E-state index is 0.0303. The molecule has 0 unspecified atom stereocenters. The second kappa shape index (κ2) is 3.05. The topological polar surface area (TPSA) is 47.3 Å². The summed E-state index contributed by atoms with van der Waals surface area (Å²) in [6, 6.07) is 0. The van der Waals surface area contributed by atoms with Gasteiger partial charge in [-0.25, -0.2) is 0 Å². The first kappa shape index (κ1) is 10.1. The molecule has 1 aromatic rings. The van der Waals surface area contributed by atoms with Crippen LogP contribution in [0.15, 0.2) is 10.7 Å². The number of hydrogen-bond donors (Lipinski definition) is 0. The molecule has 0 saturated heterocycles. The Kier molecular flexibility index (Phi) is 2.07. The Hall–Kier alpha value is -1.38. The molecule has 3 nitrogen and oxygen atoms in total. The molecule has 1 aliphatic carbocycles. The van der Waals surface area contributed by atoms with Crippen molar-refractivity contribution in [3.63, 3.8) is 0 Å². The molecule has 1 aliphatic rings. The quantitative estimate of drug-likeness (QED) is 0.663. The van der Waals surface area contributed by atoms with Gasteiger partial charge >= 0.3 is 0 Å². The van der Waals surface area contributed by atoms with Gasteiger partial charge in [0.25, 0.3) is 0 Å². The fourth-order valence-electron chi connectivity index (χ4n) is 1.97. The van der Waals surface area contributed by atoms with Gasteiger partial charge in [-0.05, 0) is 13.3 Å². The van der Waals surface area contributed by atoms with Gasteiger partial charge in [-0.1, -0.05) is 13.8 Å². The Morgan fingerprint density at radius 1 is 1.47 bits per heavy atom.